The number of aromatic nitrogens is 2. The number of nitrogens with two attached hydrogens (primary N) is 2. The number of rotatable bonds is 4. The highest BCUT2D eigenvalue weighted by atomic mass is 32.1. The Morgan fingerprint density at radius 1 is 1.42 bits per heavy atom. The SMILES string of the molecule is Cc1csc(C(C)Nc2nc(C(N)=O)ccc2N)n1. The van der Waals surface area contributed by atoms with Crippen LogP contribution in [0.5, 0.6) is 0 Å². The molecule has 7 heteroatoms. The molecule has 5 N–H and O–H groups in total. The van der Waals surface area contributed by atoms with Crippen LogP contribution in [0.2, 0.25) is 0 Å². The van der Waals surface area contributed by atoms with Crippen LogP contribution in [-0.2, 0) is 0 Å². The van der Waals surface area contributed by atoms with Gasteiger partial charge in [0.2, 0.25) is 0 Å². The number of primary amides is 1. The van der Waals surface area contributed by atoms with Gasteiger partial charge in [-0.25, -0.2) is 9.97 Å². The van der Waals surface area contributed by atoms with Gasteiger partial charge in [-0.15, -0.1) is 11.3 Å². The Hall–Kier alpha value is -2.15. The minimum atomic E-state index is -0.583. The van der Waals surface area contributed by atoms with Crippen molar-refractivity contribution < 1.29 is 4.79 Å². The second-order valence-corrected chi connectivity index (χ2v) is 5.08. The predicted molar refractivity (Wildman–Crippen MR) is 76.1 cm³/mol. The lowest BCUT2D eigenvalue weighted by Crippen LogP contribution is -2.16. The van der Waals surface area contributed by atoms with Crippen LogP contribution in [0.25, 0.3) is 0 Å². The minimum Gasteiger partial charge on any atom is -0.396 e. The summed E-state index contributed by atoms with van der Waals surface area (Å²) >= 11 is 1.56. The fraction of sp³-hybridized carbons (Fsp3) is 0.250. The molecule has 0 bridgehead atoms. The van der Waals surface area contributed by atoms with Crippen LogP contribution in [0.15, 0.2) is 17.5 Å². The molecule has 2 rings (SSSR count). The Bertz CT molecular complexity index is 610. The lowest BCUT2D eigenvalue weighted by atomic mass is 10.3. The van der Waals surface area contributed by atoms with E-state index < -0.39 is 5.91 Å². The van der Waals surface area contributed by atoms with Gasteiger partial charge in [0.25, 0.3) is 5.91 Å². The van der Waals surface area contributed by atoms with E-state index in [0.717, 1.165) is 10.7 Å². The summed E-state index contributed by atoms with van der Waals surface area (Å²) in [6.45, 7) is 3.89. The maximum Gasteiger partial charge on any atom is 0.267 e. The molecule has 0 saturated heterocycles. The van der Waals surface area contributed by atoms with Gasteiger partial charge in [-0.3, -0.25) is 4.79 Å². The van der Waals surface area contributed by atoms with E-state index in [-0.39, 0.29) is 11.7 Å². The molecule has 2 aromatic heterocycles. The van der Waals surface area contributed by atoms with Gasteiger partial charge in [-0.2, -0.15) is 0 Å². The van der Waals surface area contributed by atoms with Crippen LogP contribution < -0.4 is 16.8 Å². The maximum absolute atomic E-state index is 11.1. The highest BCUT2D eigenvalue weighted by molar-refractivity contribution is 7.09. The van der Waals surface area contributed by atoms with E-state index in [2.05, 4.69) is 15.3 Å². The van der Waals surface area contributed by atoms with Gasteiger partial charge in [0, 0.05) is 11.1 Å². The second-order valence-electron chi connectivity index (χ2n) is 4.19. The number of hydrogen-bond donors (Lipinski definition) is 3. The van der Waals surface area contributed by atoms with Crippen molar-refractivity contribution >= 4 is 28.7 Å². The lowest BCUT2D eigenvalue weighted by Gasteiger charge is -2.14. The number of pyridine rings is 1. The summed E-state index contributed by atoms with van der Waals surface area (Å²) in [5, 5.41) is 6.05. The van der Waals surface area contributed by atoms with E-state index in [9.17, 15) is 4.79 Å². The quantitative estimate of drug-likeness (QED) is 0.788. The second kappa shape index (κ2) is 5.23. The third-order valence-corrected chi connectivity index (χ3v) is 3.68. The van der Waals surface area contributed by atoms with Crippen molar-refractivity contribution in [2.45, 2.75) is 19.9 Å². The van der Waals surface area contributed by atoms with Crippen molar-refractivity contribution in [2.75, 3.05) is 11.1 Å². The molecule has 6 nitrogen and oxygen atoms in total. The van der Waals surface area contributed by atoms with E-state index in [0.29, 0.717) is 11.5 Å². The number of hydrogen-bond acceptors (Lipinski definition) is 6. The zero-order chi connectivity index (χ0) is 14.0. The molecule has 2 aromatic rings. The Morgan fingerprint density at radius 3 is 2.74 bits per heavy atom. The van der Waals surface area contributed by atoms with Crippen molar-refractivity contribution in [1.29, 1.82) is 0 Å². The number of nitrogens with zero attached hydrogens (tertiary/aromatic N) is 2. The van der Waals surface area contributed by atoms with Gasteiger partial charge in [0.05, 0.1) is 11.7 Å². The first kappa shape index (κ1) is 13.3. The van der Waals surface area contributed by atoms with Crippen LogP contribution in [-0.4, -0.2) is 15.9 Å². The number of nitrogens with one attached hydrogen (secondary N) is 1. The fourth-order valence-electron chi connectivity index (χ4n) is 1.56. The Kier molecular flexibility index (Phi) is 3.66. The molecule has 0 spiro atoms. The van der Waals surface area contributed by atoms with Gasteiger partial charge in [-0.05, 0) is 26.0 Å². The summed E-state index contributed by atoms with van der Waals surface area (Å²) in [5.74, 6) is -0.141. The molecule has 1 amide bonds. The van der Waals surface area contributed by atoms with E-state index in [4.69, 9.17) is 11.5 Å². The molecule has 2 heterocycles. The van der Waals surface area contributed by atoms with Crippen molar-refractivity contribution in [2.24, 2.45) is 5.73 Å². The number of amides is 1. The summed E-state index contributed by atoms with van der Waals surface area (Å²) < 4.78 is 0. The first-order chi connectivity index (χ1) is 8.97. The van der Waals surface area contributed by atoms with Gasteiger partial charge in [-0.1, -0.05) is 0 Å². The molecule has 0 aliphatic heterocycles. The normalized spacial score (nSPS) is 12.1. The van der Waals surface area contributed by atoms with Crippen LogP contribution in [0, 0.1) is 6.92 Å². The minimum absolute atomic E-state index is 0.0448. The summed E-state index contributed by atoms with van der Waals surface area (Å²) in [6, 6.07) is 3.06. The standard InChI is InChI=1S/C12H15N5OS/c1-6-5-19-12(15-6)7(2)16-11-8(13)3-4-9(17-11)10(14)18/h3-5,7H,13H2,1-2H3,(H2,14,18)(H,16,17). The molecule has 0 aliphatic carbocycles. The third-order valence-electron chi connectivity index (χ3n) is 2.54. The van der Waals surface area contributed by atoms with E-state index in [1.54, 1.807) is 17.4 Å². The Balaban J connectivity index is 2.22. The zero-order valence-corrected chi connectivity index (χ0v) is 11.5. The number of carbonyl (C=O) groups excluding carboxylic acids is 1. The van der Waals surface area contributed by atoms with Crippen LogP contribution in [0.4, 0.5) is 11.5 Å². The van der Waals surface area contributed by atoms with Crippen LogP contribution >= 0.6 is 11.3 Å². The summed E-state index contributed by atoms with van der Waals surface area (Å²) in [5.41, 5.74) is 12.6. The number of carbonyl (C=O) groups is 1. The molecule has 0 aliphatic rings. The van der Waals surface area contributed by atoms with Crippen molar-refractivity contribution in [3.05, 3.63) is 33.9 Å². The molecule has 19 heavy (non-hydrogen) atoms. The van der Waals surface area contributed by atoms with Crippen molar-refractivity contribution in [3.63, 3.8) is 0 Å². The molecule has 0 aromatic carbocycles. The van der Waals surface area contributed by atoms with E-state index in [1.807, 2.05) is 19.2 Å². The summed E-state index contributed by atoms with van der Waals surface area (Å²) in [6.07, 6.45) is 0. The first-order valence-corrected chi connectivity index (χ1v) is 6.60. The maximum atomic E-state index is 11.1. The topological polar surface area (TPSA) is 107 Å². The fourth-order valence-corrected chi connectivity index (χ4v) is 2.36. The highest BCUT2D eigenvalue weighted by Crippen LogP contribution is 2.24. The zero-order valence-electron chi connectivity index (χ0n) is 10.7. The molecule has 1 atom stereocenters. The molecular weight excluding hydrogens is 262 g/mol. The molecule has 0 fully saturated rings. The van der Waals surface area contributed by atoms with Crippen LogP contribution in [0.1, 0.15) is 34.2 Å². The molecular formula is C12H15N5OS. The van der Waals surface area contributed by atoms with Gasteiger partial charge in [0.15, 0.2) is 5.82 Å². The highest BCUT2D eigenvalue weighted by Gasteiger charge is 2.13. The monoisotopic (exact) mass is 277 g/mol. The first-order valence-electron chi connectivity index (χ1n) is 5.72. The van der Waals surface area contributed by atoms with E-state index in [1.165, 1.54) is 6.07 Å². The Labute approximate surface area is 114 Å². The number of anilines is 2. The lowest BCUT2D eigenvalue weighted by molar-refractivity contribution is 0.0995. The van der Waals surface area contributed by atoms with Gasteiger partial charge >= 0.3 is 0 Å². The third kappa shape index (κ3) is 3.00. The van der Waals surface area contributed by atoms with Gasteiger partial charge in [0.1, 0.15) is 10.7 Å². The number of nitrogen functional groups attached to an aromatic ring is 1. The van der Waals surface area contributed by atoms with Gasteiger partial charge < -0.3 is 16.8 Å². The molecule has 0 radical (unpaired) electrons. The summed E-state index contributed by atoms with van der Waals surface area (Å²) in [7, 11) is 0. The average molecular weight is 277 g/mol. The average Bonchev–Trinajstić information content (AvgIpc) is 2.78. The molecule has 100 valence electrons. The molecule has 0 saturated carbocycles. The van der Waals surface area contributed by atoms with E-state index >= 15 is 0 Å². The number of thiazole rings is 1. The smallest absolute Gasteiger partial charge is 0.267 e. The number of aryl methyl sites for hydroxylation is 1. The molecule has 1 unspecified atom stereocenters. The van der Waals surface area contributed by atoms with Crippen molar-refractivity contribution in [3.8, 4) is 0 Å². The van der Waals surface area contributed by atoms with Crippen molar-refractivity contribution in [1.82, 2.24) is 9.97 Å². The predicted octanol–water partition coefficient (Wildman–Crippen LogP) is 1.70. The Morgan fingerprint density at radius 2 is 2.16 bits per heavy atom. The summed E-state index contributed by atoms with van der Waals surface area (Å²) in [4.78, 5) is 19.6. The largest absolute Gasteiger partial charge is 0.396 e. The van der Waals surface area contributed by atoms with Crippen LogP contribution in [0.3, 0.4) is 0 Å².